The van der Waals surface area contributed by atoms with E-state index in [0.717, 1.165) is 22.5 Å². The summed E-state index contributed by atoms with van der Waals surface area (Å²) in [5, 5.41) is 0.860. The molecule has 2 rings (SSSR count). The van der Waals surface area contributed by atoms with Crippen LogP contribution < -0.4 is 10.5 Å². The molecule has 0 aliphatic carbocycles. The first-order valence-electron chi connectivity index (χ1n) is 7.51. The number of benzene rings is 1. The highest BCUT2D eigenvalue weighted by molar-refractivity contribution is 7.15. The second kappa shape index (κ2) is 8.30. The zero-order chi connectivity index (χ0) is 18.4. The molecule has 136 valence electrons. The van der Waals surface area contributed by atoms with Crippen molar-refractivity contribution in [2.75, 3.05) is 20.2 Å². The largest absolute Gasteiger partial charge is 0.494 e. The Hall–Kier alpha value is -2.13. The summed E-state index contributed by atoms with van der Waals surface area (Å²) in [6, 6.07) is 7.24. The zero-order valence-electron chi connectivity index (χ0n) is 13.5. The van der Waals surface area contributed by atoms with Gasteiger partial charge in [0.25, 0.3) is 0 Å². The highest BCUT2D eigenvalue weighted by atomic mass is 32.1. The van der Waals surface area contributed by atoms with Gasteiger partial charge in [0, 0.05) is 36.8 Å². The average molecular weight is 373 g/mol. The number of ether oxygens (including phenoxy) is 1. The molecule has 5 nitrogen and oxygen atoms in total. The molecule has 0 spiro atoms. The molecule has 9 heteroatoms. The highest BCUT2D eigenvalue weighted by Gasteiger charge is 2.40. The minimum atomic E-state index is -4.84. The van der Waals surface area contributed by atoms with Crippen LogP contribution in [0.15, 0.2) is 30.5 Å². The molecule has 0 saturated heterocycles. The third-order valence-corrected chi connectivity index (χ3v) is 4.42. The summed E-state index contributed by atoms with van der Waals surface area (Å²) in [6.07, 6.45) is -2.80. The lowest BCUT2D eigenvalue weighted by molar-refractivity contribution is -0.184. The number of carbonyl (C=O) groups excluding carboxylic acids is 1. The lowest BCUT2D eigenvalue weighted by Gasteiger charge is -2.18. The highest BCUT2D eigenvalue weighted by Crippen LogP contribution is 2.26. The SMILES string of the molecule is CN(CCCOc1ccc(-c2ncc(CN)s2)cc1)C(=O)C(F)(F)F. The Morgan fingerprint density at radius 2 is 2.00 bits per heavy atom. The van der Waals surface area contributed by atoms with Crippen LogP contribution in [-0.2, 0) is 11.3 Å². The number of carbonyl (C=O) groups is 1. The van der Waals surface area contributed by atoms with Gasteiger partial charge in [0.05, 0.1) is 6.61 Å². The van der Waals surface area contributed by atoms with Gasteiger partial charge in [-0.25, -0.2) is 4.98 Å². The van der Waals surface area contributed by atoms with Crippen LogP contribution in [0.2, 0.25) is 0 Å². The number of thiazole rings is 1. The summed E-state index contributed by atoms with van der Waals surface area (Å²) in [5.74, 6) is -1.25. The summed E-state index contributed by atoms with van der Waals surface area (Å²) in [4.78, 5) is 16.9. The average Bonchev–Trinajstić information content (AvgIpc) is 3.06. The molecule has 2 N–H and O–H groups in total. The van der Waals surface area contributed by atoms with Gasteiger partial charge in [0.2, 0.25) is 0 Å². The Balaban J connectivity index is 1.79. The van der Waals surface area contributed by atoms with Gasteiger partial charge in [-0.1, -0.05) is 0 Å². The molecule has 0 radical (unpaired) electrons. The molecule has 2 aromatic rings. The molecule has 1 aromatic carbocycles. The second-order valence-corrected chi connectivity index (χ2v) is 6.40. The summed E-state index contributed by atoms with van der Waals surface area (Å²) in [7, 11) is 1.12. The molecule has 1 aromatic heterocycles. The van der Waals surface area contributed by atoms with Gasteiger partial charge in [-0.15, -0.1) is 11.3 Å². The van der Waals surface area contributed by atoms with E-state index in [1.807, 2.05) is 12.1 Å². The second-order valence-electron chi connectivity index (χ2n) is 5.29. The van der Waals surface area contributed by atoms with E-state index in [2.05, 4.69) is 4.98 Å². The Bertz CT molecular complexity index is 701. The van der Waals surface area contributed by atoms with Crippen molar-refractivity contribution in [3.8, 4) is 16.3 Å². The van der Waals surface area contributed by atoms with Crippen molar-refractivity contribution in [2.24, 2.45) is 5.73 Å². The quantitative estimate of drug-likeness (QED) is 0.758. The molecule has 0 saturated carbocycles. The molecule has 0 bridgehead atoms. The minimum Gasteiger partial charge on any atom is -0.494 e. The number of halogens is 3. The third-order valence-electron chi connectivity index (χ3n) is 3.35. The van der Waals surface area contributed by atoms with E-state index in [-0.39, 0.29) is 13.2 Å². The Labute approximate surface area is 147 Å². The van der Waals surface area contributed by atoms with Crippen LogP contribution in [0, 0.1) is 0 Å². The molecular weight excluding hydrogens is 355 g/mol. The van der Waals surface area contributed by atoms with E-state index in [0.29, 0.717) is 23.6 Å². The first kappa shape index (κ1) is 19.2. The molecule has 0 unspecified atom stereocenters. The smallest absolute Gasteiger partial charge is 0.471 e. The Kier molecular flexibility index (Phi) is 6.38. The number of hydrogen-bond donors (Lipinski definition) is 1. The van der Waals surface area contributed by atoms with E-state index < -0.39 is 12.1 Å². The molecule has 0 aliphatic rings. The van der Waals surface area contributed by atoms with Crippen molar-refractivity contribution in [3.63, 3.8) is 0 Å². The van der Waals surface area contributed by atoms with E-state index in [4.69, 9.17) is 10.5 Å². The third kappa shape index (κ3) is 5.43. The number of nitrogens with two attached hydrogens (primary N) is 1. The molecule has 25 heavy (non-hydrogen) atoms. The van der Waals surface area contributed by atoms with Crippen molar-refractivity contribution >= 4 is 17.2 Å². The summed E-state index contributed by atoms with van der Waals surface area (Å²) in [5.41, 5.74) is 6.50. The van der Waals surface area contributed by atoms with Crippen LogP contribution in [0.4, 0.5) is 13.2 Å². The maximum Gasteiger partial charge on any atom is 0.471 e. The Morgan fingerprint density at radius 3 is 2.56 bits per heavy atom. The maximum absolute atomic E-state index is 12.2. The van der Waals surface area contributed by atoms with Gasteiger partial charge in [0.1, 0.15) is 10.8 Å². The fourth-order valence-corrected chi connectivity index (χ4v) is 2.84. The minimum absolute atomic E-state index is 0.0303. The topological polar surface area (TPSA) is 68.4 Å². The van der Waals surface area contributed by atoms with E-state index in [1.54, 1.807) is 18.3 Å². The number of alkyl halides is 3. The van der Waals surface area contributed by atoms with Crippen LogP contribution >= 0.6 is 11.3 Å². The lowest BCUT2D eigenvalue weighted by Crippen LogP contribution is -2.39. The first-order chi connectivity index (χ1) is 11.8. The van der Waals surface area contributed by atoms with Gasteiger partial charge in [-0.05, 0) is 30.7 Å². The van der Waals surface area contributed by atoms with Crippen LogP contribution in [0.3, 0.4) is 0 Å². The normalized spacial score (nSPS) is 11.4. The van der Waals surface area contributed by atoms with Gasteiger partial charge >= 0.3 is 12.1 Å². The monoisotopic (exact) mass is 373 g/mol. The lowest BCUT2D eigenvalue weighted by atomic mass is 10.2. The van der Waals surface area contributed by atoms with Crippen molar-refractivity contribution < 1.29 is 22.7 Å². The van der Waals surface area contributed by atoms with Gasteiger partial charge in [-0.3, -0.25) is 4.79 Å². The van der Waals surface area contributed by atoms with E-state index in [9.17, 15) is 18.0 Å². The van der Waals surface area contributed by atoms with Crippen LogP contribution in [0.25, 0.3) is 10.6 Å². The first-order valence-corrected chi connectivity index (χ1v) is 8.33. The van der Waals surface area contributed by atoms with Crippen LogP contribution in [0.1, 0.15) is 11.3 Å². The Morgan fingerprint density at radius 1 is 1.32 bits per heavy atom. The summed E-state index contributed by atoms with van der Waals surface area (Å²) in [6.45, 7) is 0.630. The predicted molar refractivity (Wildman–Crippen MR) is 89.2 cm³/mol. The number of amides is 1. The summed E-state index contributed by atoms with van der Waals surface area (Å²) >= 11 is 1.51. The van der Waals surface area contributed by atoms with Gasteiger partial charge in [-0.2, -0.15) is 13.2 Å². The fraction of sp³-hybridized carbons (Fsp3) is 0.375. The zero-order valence-corrected chi connectivity index (χ0v) is 14.4. The maximum atomic E-state index is 12.2. The molecule has 0 fully saturated rings. The molecule has 1 heterocycles. The fourth-order valence-electron chi connectivity index (χ4n) is 2.04. The van der Waals surface area contributed by atoms with Crippen LogP contribution in [0.5, 0.6) is 5.75 Å². The molecular formula is C16H18F3N3O2S. The molecule has 0 atom stereocenters. The van der Waals surface area contributed by atoms with Gasteiger partial charge in [0.15, 0.2) is 0 Å². The number of nitrogens with zero attached hydrogens (tertiary/aromatic N) is 2. The van der Waals surface area contributed by atoms with Crippen molar-refractivity contribution in [2.45, 2.75) is 19.1 Å². The van der Waals surface area contributed by atoms with Crippen molar-refractivity contribution in [1.82, 2.24) is 9.88 Å². The summed E-state index contributed by atoms with van der Waals surface area (Å²) < 4.78 is 42.2. The van der Waals surface area contributed by atoms with E-state index >= 15 is 0 Å². The molecule has 0 aliphatic heterocycles. The number of rotatable bonds is 7. The van der Waals surface area contributed by atoms with Gasteiger partial charge < -0.3 is 15.4 Å². The van der Waals surface area contributed by atoms with Crippen LogP contribution in [-0.4, -0.2) is 42.2 Å². The molecule has 1 amide bonds. The van der Waals surface area contributed by atoms with E-state index in [1.165, 1.54) is 11.3 Å². The van der Waals surface area contributed by atoms with Crippen molar-refractivity contribution in [3.05, 3.63) is 35.3 Å². The number of hydrogen-bond acceptors (Lipinski definition) is 5. The predicted octanol–water partition coefficient (Wildman–Crippen LogP) is 3.06. The standard InChI is InChI=1S/C16H18F3N3O2S/c1-22(15(23)16(17,18)19)7-2-8-24-12-5-3-11(4-6-12)14-21-10-13(9-20)25-14/h3-6,10H,2,7-9,20H2,1H3. The number of aromatic nitrogens is 1. The van der Waals surface area contributed by atoms with Crippen molar-refractivity contribution in [1.29, 1.82) is 0 Å².